The van der Waals surface area contributed by atoms with Crippen LogP contribution in [0.4, 0.5) is 17.1 Å². The molecule has 0 bridgehead atoms. The predicted octanol–water partition coefficient (Wildman–Crippen LogP) is 15.1. The summed E-state index contributed by atoms with van der Waals surface area (Å²) in [5, 5.41) is 6.92. The Morgan fingerprint density at radius 3 is 1.60 bits per heavy atom. The molecule has 0 N–H and O–H groups in total. The van der Waals surface area contributed by atoms with Crippen molar-refractivity contribution in [2.45, 2.75) is 0 Å². The number of rotatable bonds is 6. The van der Waals surface area contributed by atoms with Crippen molar-refractivity contribution in [3.63, 3.8) is 0 Å². The van der Waals surface area contributed by atoms with Gasteiger partial charge in [0.2, 0.25) is 0 Å². The highest BCUT2D eigenvalue weighted by atomic mass is 16.3. The topological polar surface area (TPSA) is 29.5 Å². The summed E-state index contributed by atoms with van der Waals surface area (Å²) in [5.41, 5.74) is 13.7. The lowest BCUT2D eigenvalue weighted by molar-refractivity contribution is 0.668. The highest BCUT2D eigenvalue weighted by molar-refractivity contribution is 6.14. The normalized spacial score (nSPS) is 11.6. The molecule has 0 saturated heterocycles. The summed E-state index contributed by atoms with van der Waals surface area (Å²) in [7, 11) is 0. The minimum absolute atomic E-state index is 0.859. The Hall–Kier alpha value is -7.36. The van der Waals surface area contributed by atoms with Crippen LogP contribution in [0, 0.1) is 0 Å². The summed E-state index contributed by atoms with van der Waals surface area (Å²) in [6.45, 7) is 0. The van der Waals surface area contributed by atoms with Crippen LogP contribution in [0.3, 0.4) is 0 Å². The summed E-state index contributed by atoms with van der Waals surface area (Å²) in [5.74, 6) is 0. The summed E-state index contributed by atoms with van der Waals surface area (Å²) in [6.07, 6.45) is 0. The molecular formula is C52H33NO2. The van der Waals surface area contributed by atoms with Gasteiger partial charge < -0.3 is 13.7 Å². The van der Waals surface area contributed by atoms with E-state index in [2.05, 4.69) is 181 Å². The zero-order valence-corrected chi connectivity index (χ0v) is 29.8. The van der Waals surface area contributed by atoms with Crippen molar-refractivity contribution in [3.05, 3.63) is 200 Å². The first-order valence-corrected chi connectivity index (χ1v) is 18.7. The molecule has 0 unspecified atom stereocenters. The molecule has 3 nitrogen and oxygen atoms in total. The van der Waals surface area contributed by atoms with Gasteiger partial charge in [0.05, 0.1) is 11.1 Å². The minimum atomic E-state index is 0.859. The molecule has 11 aromatic rings. The van der Waals surface area contributed by atoms with E-state index in [1.165, 1.54) is 27.5 Å². The van der Waals surface area contributed by atoms with Crippen molar-refractivity contribution in [2.24, 2.45) is 0 Å². The van der Waals surface area contributed by atoms with Crippen LogP contribution in [0.5, 0.6) is 0 Å². The maximum atomic E-state index is 6.39. The molecule has 0 saturated carbocycles. The molecule has 2 aromatic heterocycles. The van der Waals surface area contributed by atoms with Crippen LogP contribution in [0.15, 0.2) is 209 Å². The second-order valence-electron chi connectivity index (χ2n) is 14.1. The molecule has 0 aliphatic carbocycles. The molecule has 2 heterocycles. The number of furan rings is 2. The van der Waals surface area contributed by atoms with Crippen LogP contribution in [0.1, 0.15) is 0 Å². The van der Waals surface area contributed by atoms with Crippen LogP contribution in [-0.4, -0.2) is 0 Å². The first-order valence-electron chi connectivity index (χ1n) is 18.7. The van der Waals surface area contributed by atoms with Gasteiger partial charge in [0.15, 0.2) is 0 Å². The van der Waals surface area contributed by atoms with Gasteiger partial charge in [-0.1, -0.05) is 140 Å². The quantitative estimate of drug-likeness (QED) is 0.173. The van der Waals surface area contributed by atoms with Crippen LogP contribution in [0.25, 0.3) is 88.0 Å². The zero-order valence-electron chi connectivity index (χ0n) is 29.8. The number of fused-ring (bicyclic) bond motifs is 7. The fourth-order valence-electron chi connectivity index (χ4n) is 8.22. The fourth-order valence-corrected chi connectivity index (χ4v) is 8.22. The highest BCUT2D eigenvalue weighted by Crippen LogP contribution is 2.45. The average molecular weight is 704 g/mol. The molecule has 0 amide bonds. The zero-order chi connectivity index (χ0) is 36.3. The summed E-state index contributed by atoms with van der Waals surface area (Å²) in [4.78, 5) is 2.36. The largest absolute Gasteiger partial charge is 0.456 e. The third kappa shape index (κ3) is 5.28. The fraction of sp³-hybridized carbons (Fsp3) is 0. The Morgan fingerprint density at radius 1 is 0.309 bits per heavy atom. The Balaban J connectivity index is 1.03. The first kappa shape index (κ1) is 31.2. The maximum Gasteiger partial charge on any atom is 0.137 e. The van der Waals surface area contributed by atoms with Crippen molar-refractivity contribution in [3.8, 4) is 33.4 Å². The molecule has 0 atom stereocenters. The smallest absolute Gasteiger partial charge is 0.137 e. The van der Waals surface area contributed by atoms with E-state index in [9.17, 15) is 0 Å². The molecule has 0 radical (unpaired) electrons. The number of nitrogens with zero attached hydrogens (tertiary/aromatic N) is 1. The van der Waals surface area contributed by atoms with Crippen LogP contribution < -0.4 is 4.90 Å². The van der Waals surface area contributed by atoms with Crippen LogP contribution in [-0.2, 0) is 0 Å². The predicted molar refractivity (Wildman–Crippen MR) is 229 cm³/mol. The molecule has 0 fully saturated rings. The number of hydrogen-bond acceptors (Lipinski definition) is 3. The Labute approximate surface area is 317 Å². The molecule has 0 aliphatic heterocycles. The molecular weight excluding hydrogens is 671 g/mol. The second-order valence-corrected chi connectivity index (χ2v) is 14.1. The van der Waals surface area contributed by atoms with Gasteiger partial charge in [-0.05, 0) is 105 Å². The van der Waals surface area contributed by atoms with E-state index in [1.54, 1.807) is 0 Å². The highest BCUT2D eigenvalue weighted by Gasteiger charge is 2.21. The Kier molecular flexibility index (Phi) is 7.17. The van der Waals surface area contributed by atoms with Crippen molar-refractivity contribution in [2.75, 3.05) is 4.90 Å². The number of hydrogen-bond donors (Lipinski definition) is 0. The minimum Gasteiger partial charge on any atom is -0.456 e. The van der Waals surface area contributed by atoms with Crippen molar-refractivity contribution in [1.29, 1.82) is 0 Å². The van der Waals surface area contributed by atoms with Crippen LogP contribution in [0.2, 0.25) is 0 Å². The molecule has 258 valence electrons. The van der Waals surface area contributed by atoms with E-state index in [-0.39, 0.29) is 0 Å². The van der Waals surface area contributed by atoms with Gasteiger partial charge in [0, 0.05) is 27.5 Å². The molecule has 0 aliphatic rings. The Bertz CT molecular complexity index is 3200. The molecule has 55 heavy (non-hydrogen) atoms. The lowest BCUT2D eigenvalue weighted by Crippen LogP contribution is -2.10. The maximum absolute atomic E-state index is 6.39. The Morgan fingerprint density at radius 2 is 0.855 bits per heavy atom. The van der Waals surface area contributed by atoms with E-state index in [1.807, 2.05) is 24.3 Å². The number of anilines is 3. The van der Waals surface area contributed by atoms with E-state index < -0.39 is 0 Å². The number of para-hydroxylation sites is 2. The van der Waals surface area contributed by atoms with Crippen LogP contribution >= 0.6 is 0 Å². The third-order valence-electron chi connectivity index (χ3n) is 10.9. The lowest BCUT2D eigenvalue weighted by Gasteiger charge is -2.27. The summed E-state index contributed by atoms with van der Waals surface area (Å²) >= 11 is 0. The average Bonchev–Trinajstić information content (AvgIpc) is 3.83. The van der Waals surface area contributed by atoms with Gasteiger partial charge in [-0.2, -0.15) is 0 Å². The van der Waals surface area contributed by atoms with Crippen molar-refractivity contribution >= 4 is 71.7 Å². The third-order valence-corrected chi connectivity index (χ3v) is 10.9. The molecule has 0 spiro atoms. The van der Waals surface area contributed by atoms with E-state index in [0.717, 1.165) is 77.6 Å². The van der Waals surface area contributed by atoms with E-state index >= 15 is 0 Å². The van der Waals surface area contributed by atoms with Gasteiger partial charge >= 0.3 is 0 Å². The lowest BCUT2D eigenvalue weighted by atomic mass is 9.97. The number of benzene rings is 9. The van der Waals surface area contributed by atoms with E-state index in [0.29, 0.717) is 0 Å². The van der Waals surface area contributed by atoms with Crippen molar-refractivity contribution < 1.29 is 8.83 Å². The molecule has 3 heteroatoms. The van der Waals surface area contributed by atoms with Gasteiger partial charge in [0.25, 0.3) is 0 Å². The van der Waals surface area contributed by atoms with Gasteiger partial charge in [-0.25, -0.2) is 0 Å². The molecule has 11 rings (SSSR count). The van der Waals surface area contributed by atoms with Crippen molar-refractivity contribution in [1.82, 2.24) is 0 Å². The van der Waals surface area contributed by atoms with Gasteiger partial charge in [-0.15, -0.1) is 0 Å². The standard InChI is InChI=1S/C52H33NO2/c1-2-11-38-32-39(27-26-34(38)10-1)37-24-22-35(23-25-37)36-28-30-41(31-29-36)53(46-17-9-21-50-52(46)45-15-4-6-19-48(45)55-50)42-13-7-12-40(33-42)43-16-8-20-49-51(43)44-14-3-5-18-47(44)54-49/h1-33H. The SMILES string of the molecule is c1cc(-c2cccc3oc4ccccc4c23)cc(N(c2ccc(-c3ccc(-c4ccc5ccccc5c4)cc3)cc2)c2cccc3oc4ccccc4c23)c1. The van der Waals surface area contributed by atoms with Gasteiger partial charge in [-0.3, -0.25) is 0 Å². The second kappa shape index (κ2) is 12.6. The summed E-state index contributed by atoms with van der Waals surface area (Å²) < 4.78 is 12.7. The van der Waals surface area contributed by atoms with E-state index in [4.69, 9.17) is 8.83 Å². The first-order chi connectivity index (χ1) is 27.2. The van der Waals surface area contributed by atoms with Gasteiger partial charge in [0.1, 0.15) is 22.3 Å². The monoisotopic (exact) mass is 703 g/mol. The summed E-state index contributed by atoms with van der Waals surface area (Å²) in [6, 6.07) is 71.0. The molecule has 9 aromatic carbocycles.